The van der Waals surface area contributed by atoms with Gasteiger partial charge < -0.3 is 14.5 Å². The van der Waals surface area contributed by atoms with Gasteiger partial charge in [0.1, 0.15) is 0 Å². The SMILES string of the molecule is Cc1cccc(CC(=O)N2C[C@@H]3OCCC(=O)N(Cc4ccccc4)[C@H]3C2)c1. The fraction of sp³-hybridized carbons (Fsp3) is 0.391. The minimum atomic E-state index is -0.114. The molecule has 2 aromatic rings. The largest absolute Gasteiger partial charge is 0.374 e. The van der Waals surface area contributed by atoms with Crippen molar-refractivity contribution in [2.75, 3.05) is 19.7 Å². The Labute approximate surface area is 165 Å². The number of benzene rings is 2. The highest BCUT2D eigenvalue weighted by Crippen LogP contribution is 2.25. The van der Waals surface area contributed by atoms with Crippen LogP contribution in [0.5, 0.6) is 0 Å². The van der Waals surface area contributed by atoms with E-state index in [9.17, 15) is 9.59 Å². The molecule has 0 radical (unpaired) electrons. The third-order valence-electron chi connectivity index (χ3n) is 5.59. The van der Waals surface area contributed by atoms with Crippen LogP contribution in [0.4, 0.5) is 0 Å². The van der Waals surface area contributed by atoms with Crippen molar-refractivity contribution in [3.8, 4) is 0 Å². The standard InChI is InChI=1S/C23H26N2O3/c1-17-6-5-9-19(12-17)13-23(27)24-15-20-21(16-24)28-11-10-22(26)25(20)14-18-7-3-2-4-8-18/h2-9,12,20-21H,10-11,13-16H2,1H3/t20-,21-/m0/s1. The lowest BCUT2D eigenvalue weighted by molar-refractivity contribution is -0.135. The maximum Gasteiger partial charge on any atom is 0.227 e. The molecule has 0 unspecified atom stereocenters. The average Bonchev–Trinajstić information content (AvgIpc) is 3.05. The fourth-order valence-corrected chi connectivity index (χ4v) is 4.14. The molecule has 2 saturated heterocycles. The lowest BCUT2D eigenvalue weighted by atomic mass is 10.1. The number of ether oxygens (including phenoxy) is 1. The van der Waals surface area contributed by atoms with Crippen LogP contribution in [0.25, 0.3) is 0 Å². The zero-order valence-corrected chi connectivity index (χ0v) is 16.2. The molecule has 2 heterocycles. The Balaban J connectivity index is 1.48. The second-order valence-electron chi connectivity index (χ2n) is 7.70. The zero-order valence-electron chi connectivity index (χ0n) is 16.2. The molecule has 4 rings (SSSR count). The second-order valence-corrected chi connectivity index (χ2v) is 7.70. The third-order valence-corrected chi connectivity index (χ3v) is 5.59. The molecule has 2 fully saturated rings. The van der Waals surface area contributed by atoms with Crippen molar-refractivity contribution in [1.82, 2.24) is 9.80 Å². The molecule has 0 spiro atoms. The maximum atomic E-state index is 12.9. The summed E-state index contributed by atoms with van der Waals surface area (Å²) in [6.07, 6.45) is 0.668. The predicted molar refractivity (Wildman–Crippen MR) is 107 cm³/mol. The molecular formula is C23H26N2O3. The third kappa shape index (κ3) is 4.09. The number of amides is 2. The van der Waals surface area contributed by atoms with Gasteiger partial charge in [0.15, 0.2) is 0 Å². The van der Waals surface area contributed by atoms with Gasteiger partial charge in [-0.1, -0.05) is 60.2 Å². The highest BCUT2D eigenvalue weighted by molar-refractivity contribution is 5.80. The minimum absolute atomic E-state index is 0.0864. The summed E-state index contributed by atoms with van der Waals surface area (Å²) in [6, 6.07) is 18.0. The van der Waals surface area contributed by atoms with Crippen LogP contribution in [-0.2, 0) is 27.3 Å². The fourth-order valence-electron chi connectivity index (χ4n) is 4.14. The number of rotatable bonds is 4. The predicted octanol–water partition coefficient (Wildman–Crippen LogP) is 2.57. The Hall–Kier alpha value is -2.66. The molecular weight excluding hydrogens is 352 g/mol. The van der Waals surface area contributed by atoms with E-state index >= 15 is 0 Å². The van der Waals surface area contributed by atoms with Gasteiger partial charge in [-0.2, -0.15) is 0 Å². The number of carbonyl (C=O) groups is 2. The molecule has 0 aliphatic carbocycles. The molecule has 0 bridgehead atoms. The van der Waals surface area contributed by atoms with Crippen molar-refractivity contribution < 1.29 is 14.3 Å². The van der Waals surface area contributed by atoms with E-state index < -0.39 is 0 Å². The number of nitrogens with zero attached hydrogens (tertiary/aromatic N) is 2. The lowest BCUT2D eigenvalue weighted by Crippen LogP contribution is -2.45. The van der Waals surface area contributed by atoms with Crippen molar-refractivity contribution in [1.29, 1.82) is 0 Å². The summed E-state index contributed by atoms with van der Waals surface area (Å²) in [6.45, 7) is 4.10. The quantitative estimate of drug-likeness (QED) is 0.822. The van der Waals surface area contributed by atoms with Crippen LogP contribution in [-0.4, -0.2) is 53.5 Å². The lowest BCUT2D eigenvalue weighted by Gasteiger charge is -2.29. The Morgan fingerprint density at radius 3 is 2.64 bits per heavy atom. The first kappa shape index (κ1) is 18.7. The molecule has 5 heteroatoms. The normalized spacial score (nSPS) is 22.1. The van der Waals surface area contributed by atoms with Crippen LogP contribution in [0.15, 0.2) is 54.6 Å². The van der Waals surface area contributed by atoms with Crippen molar-refractivity contribution in [3.63, 3.8) is 0 Å². The van der Waals surface area contributed by atoms with E-state index in [2.05, 4.69) is 0 Å². The Bertz CT molecular complexity index is 852. The van der Waals surface area contributed by atoms with Gasteiger partial charge in [0.2, 0.25) is 11.8 Å². The summed E-state index contributed by atoms with van der Waals surface area (Å²) in [4.78, 5) is 29.3. The van der Waals surface area contributed by atoms with Crippen LogP contribution in [0.2, 0.25) is 0 Å². The summed E-state index contributed by atoms with van der Waals surface area (Å²) in [5.74, 6) is 0.193. The van der Waals surface area contributed by atoms with Gasteiger partial charge >= 0.3 is 0 Å². The Kier molecular flexibility index (Phi) is 5.44. The number of fused-ring (bicyclic) bond motifs is 1. The van der Waals surface area contributed by atoms with Gasteiger partial charge in [-0.15, -0.1) is 0 Å². The highest BCUT2D eigenvalue weighted by atomic mass is 16.5. The molecule has 146 valence electrons. The molecule has 2 amide bonds. The number of carbonyl (C=O) groups excluding carboxylic acids is 2. The van der Waals surface area contributed by atoms with E-state index in [-0.39, 0.29) is 24.0 Å². The molecule has 2 aromatic carbocycles. The highest BCUT2D eigenvalue weighted by Gasteiger charge is 2.42. The minimum Gasteiger partial charge on any atom is -0.374 e. The molecule has 28 heavy (non-hydrogen) atoms. The summed E-state index contributed by atoms with van der Waals surface area (Å²) < 4.78 is 5.96. The first-order valence-electron chi connectivity index (χ1n) is 9.88. The van der Waals surface area contributed by atoms with Gasteiger partial charge in [0, 0.05) is 19.6 Å². The van der Waals surface area contributed by atoms with E-state index in [0.717, 1.165) is 16.7 Å². The average molecular weight is 378 g/mol. The van der Waals surface area contributed by atoms with Crippen molar-refractivity contribution >= 4 is 11.8 Å². The summed E-state index contributed by atoms with van der Waals surface area (Å²) in [5.41, 5.74) is 3.27. The van der Waals surface area contributed by atoms with Gasteiger partial charge in [-0.25, -0.2) is 0 Å². The monoisotopic (exact) mass is 378 g/mol. The van der Waals surface area contributed by atoms with Gasteiger partial charge in [0.25, 0.3) is 0 Å². The summed E-state index contributed by atoms with van der Waals surface area (Å²) in [7, 11) is 0. The number of likely N-dealkylation sites (tertiary alicyclic amines) is 1. The zero-order chi connectivity index (χ0) is 19.5. The van der Waals surface area contributed by atoms with Gasteiger partial charge in [-0.3, -0.25) is 9.59 Å². The van der Waals surface area contributed by atoms with Crippen LogP contribution in [0.1, 0.15) is 23.1 Å². The van der Waals surface area contributed by atoms with E-state index in [1.54, 1.807) is 0 Å². The van der Waals surface area contributed by atoms with Crippen molar-refractivity contribution in [3.05, 3.63) is 71.3 Å². The number of hydrogen-bond acceptors (Lipinski definition) is 3. The van der Waals surface area contributed by atoms with Crippen LogP contribution in [0.3, 0.4) is 0 Å². The molecule has 0 saturated carbocycles. The van der Waals surface area contributed by atoms with Crippen LogP contribution < -0.4 is 0 Å². The molecule has 0 N–H and O–H groups in total. The van der Waals surface area contributed by atoms with E-state index in [4.69, 9.17) is 4.74 Å². The number of aryl methyl sites for hydroxylation is 1. The smallest absolute Gasteiger partial charge is 0.227 e. The Morgan fingerprint density at radius 2 is 1.86 bits per heavy atom. The first-order valence-corrected chi connectivity index (χ1v) is 9.88. The Morgan fingerprint density at radius 1 is 1.07 bits per heavy atom. The second kappa shape index (κ2) is 8.15. The maximum absolute atomic E-state index is 12.9. The molecule has 5 nitrogen and oxygen atoms in total. The summed E-state index contributed by atoms with van der Waals surface area (Å²) in [5, 5.41) is 0. The topological polar surface area (TPSA) is 49.9 Å². The van der Waals surface area contributed by atoms with E-state index in [1.165, 1.54) is 0 Å². The van der Waals surface area contributed by atoms with Gasteiger partial charge in [0.05, 0.1) is 31.6 Å². The molecule has 0 aromatic heterocycles. The number of hydrogen-bond donors (Lipinski definition) is 0. The van der Waals surface area contributed by atoms with Crippen LogP contribution in [0, 0.1) is 6.92 Å². The molecule has 2 aliphatic heterocycles. The molecule has 2 atom stereocenters. The van der Waals surface area contributed by atoms with Crippen molar-refractivity contribution in [2.24, 2.45) is 0 Å². The first-order chi connectivity index (χ1) is 13.6. The van der Waals surface area contributed by atoms with E-state index in [1.807, 2.05) is 71.3 Å². The molecule has 2 aliphatic rings. The van der Waals surface area contributed by atoms with Gasteiger partial charge in [-0.05, 0) is 18.1 Å². The van der Waals surface area contributed by atoms with E-state index in [0.29, 0.717) is 39.1 Å². The van der Waals surface area contributed by atoms with Crippen LogP contribution >= 0.6 is 0 Å². The summed E-state index contributed by atoms with van der Waals surface area (Å²) >= 11 is 0. The van der Waals surface area contributed by atoms with Crippen molar-refractivity contribution in [2.45, 2.75) is 38.5 Å².